The summed E-state index contributed by atoms with van der Waals surface area (Å²) >= 11 is 0. The molecule has 0 unspecified atom stereocenters. The third kappa shape index (κ3) is 3.17. The van der Waals surface area contributed by atoms with Crippen molar-refractivity contribution in [3.05, 3.63) is 41.2 Å². The van der Waals surface area contributed by atoms with Crippen LogP contribution in [0.1, 0.15) is 15.9 Å². The minimum atomic E-state index is 0.118. The molecule has 0 radical (unpaired) electrons. The summed E-state index contributed by atoms with van der Waals surface area (Å²) in [5.41, 5.74) is 7.12. The Morgan fingerprint density at radius 1 is 1.56 bits per heavy atom. The first-order chi connectivity index (χ1) is 7.71. The van der Waals surface area contributed by atoms with Gasteiger partial charge in [0.25, 0.3) is 0 Å². The zero-order chi connectivity index (χ0) is 12.0. The highest BCUT2D eigenvalue weighted by Gasteiger charge is 2.01. The lowest BCUT2D eigenvalue weighted by Gasteiger charge is -2.08. The van der Waals surface area contributed by atoms with Crippen LogP contribution < -0.4 is 10.5 Å². The highest BCUT2D eigenvalue weighted by atomic mass is 19.1. The summed E-state index contributed by atoms with van der Waals surface area (Å²) < 4.78 is 17.5. The average molecular weight is 223 g/mol. The van der Waals surface area contributed by atoms with Crippen molar-refractivity contribution in [2.24, 2.45) is 5.73 Å². The second-order valence-electron chi connectivity index (χ2n) is 3.40. The summed E-state index contributed by atoms with van der Waals surface area (Å²) in [6, 6.07) is 5.07. The van der Waals surface area contributed by atoms with Crippen molar-refractivity contribution in [1.82, 2.24) is 0 Å². The molecule has 4 heteroatoms. The molecule has 0 saturated carbocycles. The van der Waals surface area contributed by atoms with E-state index in [4.69, 9.17) is 10.5 Å². The molecule has 16 heavy (non-hydrogen) atoms. The quantitative estimate of drug-likeness (QED) is 0.777. The van der Waals surface area contributed by atoms with Gasteiger partial charge in [0.15, 0.2) is 0 Å². The Kier molecular flexibility index (Phi) is 4.66. The van der Waals surface area contributed by atoms with E-state index in [2.05, 4.69) is 0 Å². The number of rotatable bonds is 5. The van der Waals surface area contributed by atoms with Gasteiger partial charge in [-0.1, -0.05) is 0 Å². The second kappa shape index (κ2) is 6.02. The van der Waals surface area contributed by atoms with Crippen LogP contribution in [0.2, 0.25) is 0 Å². The second-order valence-corrected chi connectivity index (χ2v) is 3.40. The predicted octanol–water partition coefficient (Wildman–Crippen LogP) is 2.00. The minimum Gasteiger partial charge on any atom is -0.489 e. The Morgan fingerprint density at radius 2 is 2.31 bits per heavy atom. The van der Waals surface area contributed by atoms with Gasteiger partial charge in [0.05, 0.1) is 6.33 Å². The molecule has 86 valence electrons. The molecule has 0 bridgehead atoms. The van der Waals surface area contributed by atoms with Gasteiger partial charge < -0.3 is 10.5 Å². The lowest BCUT2D eigenvalue weighted by atomic mass is 10.1. The molecule has 0 aliphatic heterocycles. The highest BCUT2D eigenvalue weighted by molar-refractivity contribution is 5.77. The molecule has 3 nitrogen and oxygen atoms in total. The summed E-state index contributed by atoms with van der Waals surface area (Å²) in [7, 11) is 0. The zero-order valence-electron chi connectivity index (χ0n) is 9.07. The van der Waals surface area contributed by atoms with Gasteiger partial charge in [-0.2, -0.15) is 0 Å². The Hall–Kier alpha value is -1.68. The van der Waals surface area contributed by atoms with Crippen molar-refractivity contribution in [3.63, 3.8) is 0 Å². The summed E-state index contributed by atoms with van der Waals surface area (Å²) in [6.07, 6.45) is 1.23. The number of nitrogens with two attached hydrogens (primary N) is 1. The van der Waals surface area contributed by atoms with Gasteiger partial charge in [0, 0.05) is 17.7 Å². The van der Waals surface area contributed by atoms with E-state index in [1.165, 1.54) is 0 Å². The monoisotopic (exact) mass is 223 g/mol. The number of aryl methyl sites for hydroxylation is 1. The largest absolute Gasteiger partial charge is 0.489 e. The Balaban J connectivity index is 2.68. The number of carbonyl (C=O) groups is 1. The van der Waals surface area contributed by atoms with E-state index in [1.807, 2.05) is 6.92 Å². The van der Waals surface area contributed by atoms with Gasteiger partial charge in [0.2, 0.25) is 0 Å². The van der Waals surface area contributed by atoms with E-state index in [0.29, 0.717) is 23.2 Å². The maximum Gasteiger partial charge on any atom is 0.150 e. The van der Waals surface area contributed by atoms with E-state index >= 15 is 0 Å². The molecule has 1 aromatic carbocycles. The first kappa shape index (κ1) is 12.4. The molecular formula is C12H14FNO2. The molecular weight excluding hydrogens is 209 g/mol. The first-order valence-corrected chi connectivity index (χ1v) is 4.88. The summed E-state index contributed by atoms with van der Waals surface area (Å²) in [4.78, 5) is 10.6. The Bertz CT molecular complexity index is 402. The van der Waals surface area contributed by atoms with Crippen LogP contribution in [0.25, 0.3) is 0 Å². The van der Waals surface area contributed by atoms with Gasteiger partial charge in [-0.25, -0.2) is 4.39 Å². The maximum atomic E-state index is 12.2. The van der Waals surface area contributed by atoms with Gasteiger partial charge in [-0.3, -0.25) is 4.79 Å². The molecule has 0 aromatic heterocycles. The molecule has 2 N–H and O–H groups in total. The van der Waals surface area contributed by atoms with Crippen molar-refractivity contribution in [2.75, 3.05) is 13.2 Å². The van der Waals surface area contributed by atoms with Crippen molar-refractivity contribution in [3.8, 4) is 5.75 Å². The van der Waals surface area contributed by atoms with Crippen molar-refractivity contribution in [2.45, 2.75) is 6.92 Å². The number of aldehydes is 1. The zero-order valence-corrected chi connectivity index (χ0v) is 9.07. The molecule has 0 spiro atoms. The lowest BCUT2D eigenvalue weighted by Crippen LogP contribution is -2.10. The van der Waals surface area contributed by atoms with E-state index in [9.17, 15) is 9.18 Å². The molecule has 0 fully saturated rings. The third-order valence-corrected chi connectivity index (χ3v) is 2.21. The molecule has 1 aromatic rings. The summed E-state index contributed by atoms with van der Waals surface area (Å²) in [6.45, 7) is 2.06. The topological polar surface area (TPSA) is 52.3 Å². The standard InChI is InChI=1S/C12H14FNO2/c1-9-4-12(3-2-11(9)7-15)16-8-10(5-13)6-14/h2-5,7H,6,8,14H2,1H3/b10-5-. The van der Waals surface area contributed by atoms with Gasteiger partial charge in [0.1, 0.15) is 18.6 Å². The number of halogens is 1. The van der Waals surface area contributed by atoms with E-state index < -0.39 is 0 Å². The fourth-order valence-corrected chi connectivity index (χ4v) is 1.18. The molecule has 0 saturated heterocycles. The smallest absolute Gasteiger partial charge is 0.150 e. The fraction of sp³-hybridized carbons (Fsp3) is 0.250. The molecule has 0 atom stereocenters. The fourth-order valence-electron chi connectivity index (χ4n) is 1.18. The third-order valence-electron chi connectivity index (χ3n) is 2.21. The van der Waals surface area contributed by atoms with Crippen molar-refractivity contribution >= 4 is 6.29 Å². The number of hydrogen-bond donors (Lipinski definition) is 1. The molecule has 0 aliphatic carbocycles. The minimum absolute atomic E-state index is 0.118. The van der Waals surface area contributed by atoms with Crippen LogP contribution in [-0.2, 0) is 0 Å². The van der Waals surface area contributed by atoms with Crippen LogP contribution in [-0.4, -0.2) is 19.4 Å². The van der Waals surface area contributed by atoms with Crippen LogP contribution in [0.5, 0.6) is 5.75 Å². The molecule has 0 heterocycles. The van der Waals surface area contributed by atoms with E-state index in [-0.39, 0.29) is 13.2 Å². The van der Waals surface area contributed by atoms with E-state index in [0.717, 1.165) is 11.8 Å². The average Bonchev–Trinajstić information content (AvgIpc) is 2.30. The van der Waals surface area contributed by atoms with Crippen LogP contribution in [0.15, 0.2) is 30.1 Å². The van der Waals surface area contributed by atoms with Crippen molar-refractivity contribution < 1.29 is 13.9 Å². The van der Waals surface area contributed by atoms with Crippen LogP contribution in [0, 0.1) is 6.92 Å². The molecule has 0 aliphatic rings. The number of ether oxygens (including phenoxy) is 1. The van der Waals surface area contributed by atoms with Gasteiger partial charge >= 0.3 is 0 Å². The Labute approximate surface area is 93.7 Å². The summed E-state index contributed by atoms with van der Waals surface area (Å²) in [5, 5.41) is 0. The predicted molar refractivity (Wildman–Crippen MR) is 60.3 cm³/mol. The normalized spacial score (nSPS) is 11.3. The lowest BCUT2D eigenvalue weighted by molar-refractivity contribution is 0.112. The number of hydrogen-bond acceptors (Lipinski definition) is 3. The number of benzene rings is 1. The SMILES string of the molecule is Cc1cc(OC/C(=C\F)CN)ccc1C=O. The van der Waals surface area contributed by atoms with Crippen LogP contribution in [0.4, 0.5) is 4.39 Å². The van der Waals surface area contributed by atoms with Gasteiger partial charge in [-0.15, -0.1) is 0 Å². The molecule has 1 rings (SSSR count). The summed E-state index contributed by atoms with van der Waals surface area (Å²) in [5.74, 6) is 0.593. The van der Waals surface area contributed by atoms with Crippen molar-refractivity contribution in [1.29, 1.82) is 0 Å². The molecule has 0 amide bonds. The highest BCUT2D eigenvalue weighted by Crippen LogP contribution is 2.16. The Morgan fingerprint density at radius 3 is 2.81 bits per heavy atom. The van der Waals surface area contributed by atoms with Crippen LogP contribution in [0.3, 0.4) is 0 Å². The van der Waals surface area contributed by atoms with E-state index in [1.54, 1.807) is 18.2 Å². The van der Waals surface area contributed by atoms with Crippen LogP contribution >= 0.6 is 0 Å². The van der Waals surface area contributed by atoms with Gasteiger partial charge in [-0.05, 0) is 30.7 Å². The number of carbonyl (C=O) groups excluding carboxylic acids is 1. The first-order valence-electron chi connectivity index (χ1n) is 4.88. The maximum absolute atomic E-state index is 12.2.